The molecule has 0 aliphatic carbocycles. The van der Waals surface area contributed by atoms with Gasteiger partial charge in [0.15, 0.2) is 9.60 Å². The van der Waals surface area contributed by atoms with Crippen molar-refractivity contribution in [3.63, 3.8) is 0 Å². The SMILES string of the molecule is Cc1cc2sc(N)nc2cc1NCc1cnc(Cl)s1. The van der Waals surface area contributed by atoms with Crippen molar-refractivity contribution < 1.29 is 0 Å². The normalized spacial score (nSPS) is 11.1. The minimum atomic E-state index is 0.566. The molecule has 4 nitrogen and oxygen atoms in total. The third-order valence-electron chi connectivity index (χ3n) is 2.73. The summed E-state index contributed by atoms with van der Waals surface area (Å²) in [5, 5.41) is 3.98. The number of hydrogen-bond acceptors (Lipinski definition) is 6. The molecule has 0 saturated heterocycles. The van der Waals surface area contributed by atoms with Gasteiger partial charge in [-0.15, -0.1) is 11.3 Å². The predicted molar refractivity (Wildman–Crippen MR) is 83.2 cm³/mol. The van der Waals surface area contributed by atoms with E-state index in [1.807, 2.05) is 6.07 Å². The molecule has 0 unspecified atom stereocenters. The molecule has 0 spiro atoms. The molecule has 0 aliphatic heterocycles. The second-order valence-electron chi connectivity index (χ2n) is 4.12. The van der Waals surface area contributed by atoms with Crippen LogP contribution < -0.4 is 11.1 Å². The van der Waals surface area contributed by atoms with Crippen molar-refractivity contribution >= 4 is 55.3 Å². The van der Waals surface area contributed by atoms with E-state index in [9.17, 15) is 0 Å². The van der Waals surface area contributed by atoms with Gasteiger partial charge in [-0.05, 0) is 24.6 Å². The lowest BCUT2D eigenvalue weighted by molar-refractivity contribution is 1.17. The molecule has 0 aliphatic rings. The van der Waals surface area contributed by atoms with E-state index in [1.165, 1.54) is 28.2 Å². The highest BCUT2D eigenvalue weighted by atomic mass is 35.5. The van der Waals surface area contributed by atoms with Crippen LogP contribution in [0.2, 0.25) is 4.47 Å². The molecule has 2 heterocycles. The summed E-state index contributed by atoms with van der Waals surface area (Å²) in [6.45, 7) is 2.77. The number of nitrogens with zero attached hydrogens (tertiary/aromatic N) is 2. The van der Waals surface area contributed by atoms with E-state index >= 15 is 0 Å². The van der Waals surface area contributed by atoms with Crippen molar-refractivity contribution in [3.05, 3.63) is 33.2 Å². The second kappa shape index (κ2) is 4.96. The van der Waals surface area contributed by atoms with Gasteiger partial charge >= 0.3 is 0 Å². The molecular weight excluding hydrogens is 300 g/mol. The number of benzene rings is 1. The van der Waals surface area contributed by atoms with Crippen molar-refractivity contribution in [2.45, 2.75) is 13.5 Å². The fourth-order valence-corrected chi connectivity index (χ4v) is 3.56. The molecule has 0 amide bonds. The van der Waals surface area contributed by atoms with Crippen LogP contribution >= 0.6 is 34.3 Å². The number of nitrogens with one attached hydrogen (secondary N) is 1. The largest absolute Gasteiger partial charge is 0.380 e. The molecular formula is C12H11ClN4S2. The summed E-state index contributed by atoms with van der Waals surface area (Å²) in [4.78, 5) is 9.42. The first kappa shape index (κ1) is 12.7. The summed E-state index contributed by atoms with van der Waals surface area (Å²) in [5.74, 6) is 0. The maximum Gasteiger partial charge on any atom is 0.183 e. The number of aryl methyl sites for hydroxylation is 1. The van der Waals surface area contributed by atoms with Crippen molar-refractivity contribution in [2.75, 3.05) is 11.1 Å². The van der Waals surface area contributed by atoms with Crippen LogP contribution in [0.25, 0.3) is 10.2 Å². The lowest BCUT2D eigenvalue weighted by Crippen LogP contribution is -1.99. The molecule has 3 N–H and O–H groups in total. The molecule has 0 atom stereocenters. The minimum absolute atomic E-state index is 0.566. The van der Waals surface area contributed by atoms with Gasteiger partial charge in [0.05, 0.1) is 16.8 Å². The molecule has 3 rings (SSSR count). The number of rotatable bonds is 3. The summed E-state index contributed by atoms with van der Waals surface area (Å²) in [7, 11) is 0. The summed E-state index contributed by atoms with van der Waals surface area (Å²) in [5.41, 5.74) is 8.88. The molecule has 0 saturated carbocycles. The molecule has 1 aromatic carbocycles. The first-order chi connectivity index (χ1) is 9.11. The van der Waals surface area contributed by atoms with Crippen LogP contribution in [-0.2, 0) is 6.54 Å². The Bertz CT molecular complexity index is 734. The zero-order chi connectivity index (χ0) is 13.4. The Morgan fingerprint density at radius 1 is 1.37 bits per heavy atom. The monoisotopic (exact) mass is 310 g/mol. The first-order valence-corrected chi connectivity index (χ1v) is 7.63. The summed E-state index contributed by atoms with van der Waals surface area (Å²) in [6, 6.07) is 4.13. The predicted octanol–water partition coefficient (Wildman–Crippen LogP) is 3.91. The second-order valence-corrected chi connectivity index (χ2v) is 6.88. The summed E-state index contributed by atoms with van der Waals surface area (Å²) >= 11 is 8.80. The number of nitrogen functional groups attached to an aromatic ring is 1. The average molecular weight is 311 g/mol. The van der Waals surface area contributed by atoms with E-state index < -0.39 is 0 Å². The summed E-state index contributed by atoms with van der Waals surface area (Å²) in [6.07, 6.45) is 1.79. The van der Waals surface area contributed by atoms with Gasteiger partial charge < -0.3 is 11.1 Å². The highest BCUT2D eigenvalue weighted by Crippen LogP contribution is 2.29. The molecule has 0 bridgehead atoms. The number of anilines is 2. The Kier molecular flexibility index (Phi) is 3.30. The Labute approximate surface area is 123 Å². The zero-order valence-corrected chi connectivity index (χ0v) is 12.5. The first-order valence-electron chi connectivity index (χ1n) is 5.62. The Balaban J connectivity index is 1.85. The molecule has 7 heteroatoms. The van der Waals surface area contributed by atoms with E-state index in [0.29, 0.717) is 16.1 Å². The molecule has 0 fully saturated rings. The number of aromatic nitrogens is 2. The lowest BCUT2D eigenvalue weighted by Gasteiger charge is -2.08. The van der Waals surface area contributed by atoms with E-state index in [0.717, 1.165) is 20.8 Å². The van der Waals surface area contributed by atoms with Crippen LogP contribution in [0.15, 0.2) is 18.3 Å². The number of nitrogens with two attached hydrogens (primary N) is 1. The fourth-order valence-electron chi connectivity index (χ4n) is 1.83. The molecule has 98 valence electrons. The lowest BCUT2D eigenvalue weighted by atomic mass is 10.2. The highest BCUT2D eigenvalue weighted by molar-refractivity contribution is 7.22. The van der Waals surface area contributed by atoms with Crippen LogP contribution in [0, 0.1) is 6.92 Å². The van der Waals surface area contributed by atoms with Crippen LogP contribution in [0.4, 0.5) is 10.8 Å². The van der Waals surface area contributed by atoms with Gasteiger partial charge in [-0.3, -0.25) is 0 Å². The van der Waals surface area contributed by atoms with Crippen LogP contribution in [0.3, 0.4) is 0 Å². The van der Waals surface area contributed by atoms with Gasteiger partial charge in [-0.2, -0.15) is 0 Å². The number of halogens is 1. The van der Waals surface area contributed by atoms with Gasteiger partial charge in [-0.25, -0.2) is 9.97 Å². The van der Waals surface area contributed by atoms with E-state index in [-0.39, 0.29) is 0 Å². The van der Waals surface area contributed by atoms with E-state index in [1.54, 1.807) is 6.20 Å². The van der Waals surface area contributed by atoms with E-state index in [2.05, 4.69) is 28.3 Å². The Morgan fingerprint density at radius 3 is 2.95 bits per heavy atom. The molecule has 0 radical (unpaired) electrons. The van der Waals surface area contributed by atoms with E-state index in [4.69, 9.17) is 17.3 Å². The molecule has 19 heavy (non-hydrogen) atoms. The fraction of sp³-hybridized carbons (Fsp3) is 0.167. The Morgan fingerprint density at radius 2 is 2.21 bits per heavy atom. The van der Waals surface area contributed by atoms with Gasteiger partial charge in [-0.1, -0.05) is 22.9 Å². The smallest absolute Gasteiger partial charge is 0.183 e. The number of thiazole rings is 2. The van der Waals surface area contributed by atoms with Crippen molar-refractivity contribution in [2.24, 2.45) is 0 Å². The Hall–Kier alpha value is -1.37. The molecule has 3 aromatic rings. The van der Waals surface area contributed by atoms with Crippen LogP contribution in [0.5, 0.6) is 0 Å². The quantitative estimate of drug-likeness (QED) is 0.770. The maximum atomic E-state index is 5.81. The standard InChI is InChI=1S/C12H11ClN4S2/c1-6-2-10-9(17-12(14)19-10)3-8(6)15-4-7-5-16-11(13)18-7/h2-3,5,15H,4H2,1H3,(H2,14,17). The third kappa shape index (κ3) is 2.65. The van der Waals surface area contributed by atoms with Gasteiger partial charge in [0.25, 0.3) is 0 Å². The van der Waals surface area contributed by atoms with Crippen molar-refractivity contribution in [3.8, 4) is 0 Å². The van der Waals surface area contributed by atoms with Crippen LogP contribution in [-0.4, -0.2) is 9.97 Å². The molecule has 2 aromatic heterocycles. The number of hydrogen-bond donors (Lipinski definition) is 2. The van der Waals surface area contributed by atoms with Gasteiger partial charge in [0, 0.05) is 16.8 Å². The van der Waals surface area contributed by atoms with Gasteiger partial charge in [0.2, 0.25) is 0 Å². The van der Waals surface area contributed by atoms with Gasteiger partial charge in [0.1, 0.15) is 0 Å². The number of fused-ring (bicyclic) bond motifs is 1. The maximum absolute atomic E-state index is 5.81. The van der Waals surface area contributed by atoms with Crippen molar-refractivity contribution in [1.29, 1.82) is 0 Å². The summed E-state index contributed by atoms with van der Waals surface area (Å²) < 4.78 is 1.68. The third-order valence-corrected chi connectivity index (χ3v) is 4.69. The average Bonchev–Trinajstić information content (AvgIpc) is 2.91. The zero-order valence-electron chi connectivity index (χ0n) is 10.1. The highest BCUT2D eigenvalue weighted by Gasteiger charge is 2.06. The topological polar surface area (TPSA) is 63.8 Å². The van der Waals surface area contributed by atoms with Crippen LogP contribution in [0.1, 0.15) is 10.4 Å². The van der Waals surface area contributed by atoms with Crippen molar-refractivity contribution in [1.82, 2.24) is 9.97 Å². The minimum Gasteiger partial charge on any atom is -0.380 e.